The molecular weight excluding hydrogens is 112 g/mol. The molecule has 1 nitrogen and oxygen atoms in total. The van der Waals surface area contributed by atoms with E-state index in [0.717, 1.165) is 12.3 Å². The molecule has 53 valence electrons. The molecule has 0 aromatic heterocycles. The number of rotatable bonds is 0. The van der Waals surface area contributed by atoms with Crippen molar-refractivity contribution in [3.63, 3.8) is 0 Å². The van der Waals surface area contributed by atoms with Gasteiger partial charge in [-0.25, -0.2) is 0 Å². The van der Waals surface area contributed by atoms with Gasteiger partial charge in [-0.2, -0.15) is 0 Å². The van der Waals surface area contributed by atoms with E-state index in [1.54, 1.807) is 0 Å². The summed E-state index contributed by atoms with van der Waals surface area (Å²) in [5.74, 6) is 1.26. The Morgan fingerprint density at radius 3 is 2.56 bits per heavy atom. The molecule has 3 atom stereocenters. The van der Waals surface area contributed by atoms with Crippen LogP contribution in [0.1, 0.15) is 26.7 Å². The molecule has 0 saturated heterocycles. The van der Waals surface area contributed by atoms with Crippen molar-refractivity contribution >= 4 is 0 Å². The quantitative estimate of drug-likeness (QED) is 0.524. The first kappa shape index (κ1) is 7.07. The Balaban J connectivity index is 2.35. The summed E-state index contributed by atoms with van der Waals surface area (Å²) in [5.41, 5.74) is 0. The van der Waals surface area contributed by atoms with Crippen LogP contribution in [0.4, 0.5) is 0 Å². The van der Waals surface area contributed by atoms with Crippen molar-refractivity contribution in [3.05, 3.63) is 6.42 Å². The minimum atomic E-state index is -0.138. The summed E-state index contributed by atoms with van der Waals surface area (Å²) in [6, 6.07) is 0. The van der Waals surface area contributed by atoms with E-state index in [1.165, 1.54) is 6.42 Å². The van der Waals surface area contributed by atoms with Crippen LogP contribution in [0.25, 0.3) is 0 Å². The molecule has 0 aromatic rings. The molecule has 1 heteroatoms. The summed E-state index contributed by atoms with van der Waals surface area (Å²) < 4.78 is 0. The number of hydrogen-bond donors (Lipinski definition) is 1. The van der Waals surface area contributed by atoms with E-state index in [2.05, 4.69) is 13.8 Å². The fourth-order valence-electron chi connectivity index (χ4n) is 1.47. The van der Waals surface area contributed by atoms with Gasteiger partial charge in [-0.3, -0.25) is 0 Å². The first-order chi connectivity index (χ1) is 4.20. The van der Waals surface area contributed by atoms with Crippen LogP contribution in [0, 0.1) is 18.3 Å². The van der Waals surface area contributed by atoms with Crippen molar-refractivity contribution in [2.24, 2.45) is 11.8 Å². The molecule has 0 heterocycles. The highest BCUT2D eigenvalue weighted by atomic mass is 16.3. The van der Waals surface area contributed by atoms with Crippen LogP contribution in [0.3, 0.4) is 0 Å². The molecule has 1 radical (unpaired) electrons. The molecule has 0 aliphatic heterocycles. The molecule has 0 aromatic carbocycles. The molecule has 0 amide bonds. The van der Waals surface area contributed by atoms with Crippen molar-refractivity contribution in [2.45, 2.75) is 32.8 Å². The van der Waals surface area contributed by atoms with E-state index >= 15 is 0 Å². The highest BCUT2D eigenvalue weighted by Gasteiger charge is 2.22. The maximum atomic E-state index is 9.24. The van der Waals surface area contributed by atoms with E-state index < -0.39 is 0 Å². The lowest BCUT2D eigenvalue weighted by atomic mass is 9.81. The van der Waals surface area contributed by atoms with Gasteiger partial charge < -0.3 is 5.11 Å². The number of hydrogen-bond acceptors (Lipinski definition) is 1. The normalized spacial score (nSPS) is 45.0. The van der Waals surface area contributed by atoms with Crippen LogP contribution in [0.15, 0.2) is 0 Å². The fourth-order valence-corrected chi connectivity index (χ4v) is 1.47. The summed E-state index contributed by atoms with van der Waals surface area (Å²) in [6.45, 7) is 4.34. The Hall–Kier alpha value is -0.0400. The third-order valence-corrected chi connectivity index (χ3v) is 2.14. The van der Waals surface area contributed by atoms with Gasteiger partial charge in [-0.1, -0.05) is 13.8 Å². The summed E-state index contributed by atoms with van der Waals surface area (Å²) >= 11 is 0. The second-order valence-corrected chi connectivity index (χ2v) is 3.28. The zero-order chi connectivity index (χ0) is 6.85. The summed E-state index contributed by atoms with van der Waals surface area (Å²) in [7, 11) is 0. The third-order valence-electron chi connectivity index (χ3n) is 2.14. The second-order valence-electron chi connectivity index (χ2n) is 3.28. The van der Waals surface area contributed by atoms with Gasteiger partial charge in [0.2, 0.25) is 0 Å². The van der Waals surface area contributed by atoms with Crippen molar-refractivity contribution in [2.75, 3.05) is 0 Å². The topological polar surface area (TPSA) is 20.2 Å². The van der Waals surface area contributed by atoms with Gasteiger partial charge in [0.05, 0.1) is 6.10 Å². The van der Waals surface area contributed by atoms with E-state index in [4.69, 9.17) is 0 Å². The van der Waals surface area contributed by atoms with Crippen LogP contribution in [0.5, 0.6) is 0 Å². The lowest BCUT2D eigenvalue weighted by Crippen LogP contribution is -2.26. The summed E-state index contributed by atoms with van der Waals surface area (Å²) in [6.07, 6.45) is 4.16. The number of aliphatic hydroxyl groups excluding tert-OH is 1. The largest absolute Gasteiger partial charge is 0.393 e. The summed E-state index contributed by atoms with van der Waals surface area (Å²) in [4.78, 5) is 0. The molecule has 1 saturated carbocycles. The van der Waals surface area contributed by atoms with Crippen LogP contribution in [0.2, 0.25) is 0 Å². The van der Waals surface area contributed by atoms with Crippen LogP contribution in [-0.2, 0) is 0 Å². The molecule has 3 unspecified atom stereocenters. The van der Waals surface area contributed by atoms with Gasteiger partial charge in [0.25, 0.3) is 0 Å². The van der Waals surface area contributed by atoms with E-state index in [1.807, 2.05) is 6.42 Å². The van der Waals surface area contributed by atoms with Gasteiger partial charge in [-0.15, -0.1) is 0 Å². The lowest BCUT2D eigenvalue weighted by Gasteiger charge is -2.28. The molecule has 1 N–H and O–H groups in total. The second kappa shape index (κ2) is 2.70. The molecule has 0 spiro atoms. The van der Waals surface area contributed by atoms with Gasteiger partial charge in [0.15, 0.2) is 0 Å². The third kappa shape index (κ3) is 1.68. The molecule has 0 bridgehead atoms. The molecule has 1 rings (SSSR count). The van der Waals surface area contributed by atoms with Gasteiger partial charge in [0.1, 0.15) is 0 Å². The Morgan fingerprint density at radius 2 is 2.11 bits per heavy atom. The Morgan fingerprint density at radius 1 is 1.44 bits per heavy atom. The zero-order valence-corrected chi connectivity index (χ0v) is 6.17. The standard InChI is InChI=1S/C8H15O/c1-6-3-4-8(9)7(2)5-6/h4,6-9H,3,5H2,1-2H3. The minimum Gasteiger partial charge on any atom is -0.393 e. The minimum absolute atomic E-state index is 0.138. The van der Waals surface area contributed by atoms with Crippen LogP contribution < -0.4 is 0 Å². The lowest BCUT2D eigenvalue weighted by molar-refractivity contribution is 0.104. The zero-order valence-electron chi connectivity index (χ0n) is 6.17. The highest BCUT2D eigenvalue weighted by molar-refractivity contribution is 4.87. The molecular formula is C8H15O. The van der Waals surface area contributed by atoms with Crippen molar-refractivity contribution in [1.82, 2.24) is 0 Å². The van der Waals surface area contributed by atoms with E-state index in [-0.39, 0.29) is 6.10 Å². The highest BCUT2D eigenvalue weighted by Crippen LogP contribution is 2.27. The Bertz CT molecular complexity index is 90.6. The average Bonchev–Trinajstić information content (AvgIpc) is 1.80. The first-order valence-corrected chi connectivity index (χ1v) is 3.71. The maximum absolute atomic E-state index is 9.24. The van der Waals surface area contributed by atoms with Crippen molar-refractivity contribution in [3.8, 4) is 0 Å². The van der Waals surface area contributed by atoms with Gasteiger partial charge >= 0.3 is 0 Å². The van der Waals surface area contributed by atoms with Gasteiger partial charge in [0, 0.05) is 0 Å². The number of aliphatic hydroxyl groups is 1. The van der Waals surface area contributed by atoms with E-state index in [0.29, 0.717) is 5.92 Å². The Kier molecular flexibility index (Phi) is 2.12. The molecule has 9 heavy (non-hydrogen) atoms. The van der Waals surface area contributed by atoms with E-state index in [9.17, 15) is 5.11 Å². The average molecular weight is 127 g/mol. The van der Waals surface area contributed by atoms with Crippen molar-refractivity contribution in [1.29, 1.82) is 0 Å². The predicted molar refractivity (Wildman–Crippen MR) is 37.9 cm³/mol. The molecule has 1 aliphatic carbocycles. The smallest absolute Gasteiger partial charge is 0.0597 e. The monoisotopic (exact) mass is 127 g/mol. The molecule has 1 fully saturated rings. The van der Waals surface area contributed by atoms with Crippen LogP contribution >= 0.6 is 0 Å². The maximum Gasteiger partial charge on any atom is 0.0597 e. The fraction of sp³-hybridized carbons (Fsp3) is 0.875. The van der Waals surface area contributed by atoms with Gasteiger partial charge in [-0.05, 0) is 31.1 Å². The Labute approximate surface area is 57.1 Å². The predicted octanol–water partition coefficient (Wildman–Crippen LogP) is 1.62. The summed E-state index contributed by atoms with van der Waals surface area (Å²) in [5, 5.41) is 9.24. The van der Waals surface area contributed by atoms with Crippen molar-refractivity contribution < 1.29 is 5.11 Å². The molecule has 1 aliphatic rings. The first-order valence-electron chi connectivity index (χ1n) is 3.71. The van der Waals surface area contributed by atoms with Crippen LogP contribution in [-0.4, -0.2) is 11.2 Å². The SMILES string of the molecule is CC1C[CH]C(O)C(C)C1.